The van der Waals surface area contributed by atoms with Gasteiger partial charge >= 0.3 is 0 Å². The van der Waals surface area contributed by atoms with Gasteiger partial charge in [-0.25, -0.2) is 0 Å². The molecule has 0 atom stereocenters. The Kier molecular flexibility index (Phi) is 8.80. The van der Waals surface area contributed by atoms with Crippen molar-refractivity contribution in [1.82, 2.24) is 4.90 Å². The number of nitrogens with zero attached hydrogens (tertiary/aromatic N) is 1. The summed E-state index contributed by atoms with van der Waals surface area (Å²) in [5.41, 5.74) is 6.89. The Balaban J connectivity index is 0.00000324. The Labute approximate surface area is 128 Å². The molecule has 1 amide bonds. The minimum Gasteiger partial charge on any atom is -0.398 e. The number of nitrogen functional groups attached to an aromatic ring is 1. The van der Waals surface area contributed by atoms with Crippen molar-refractivity contribution >= 4 is 39.9 Å². The predicted molar refractivity (Wildman–Crippen MR) is 83.9 cm³/mol. The number of anilines is 1. The number of rotatable bonds is 6. The minimum absolute atomic E-state index is 0. The summed E-state index contributed by atoms with van der Waals surface area (Å²) in [5.74, 6) is -0.0535. The number of amides is 1. The first-order valence-electron chi connectivity index (χ1n) is 6.02. The van der Waals surface area contributed by atoms with E-state index in [1.54, 1.807) is 17.0 Å². The van der Waals surface area contributed by atoms with Gasteiger partial charge in [0.1, 0.15) is 0 Å². The van der Waals surface area contributed by atoms with Crippen LogP contribution in [0.5, 0.6) is 0 Å². The second-order valence-corrected chi connectivity index (χ2v) is 4.73. The maximum absolute atomic E-state index is 12.3. The molecule has 0 radical (unpaired) electrons. The molecular weight excluding hydrogens is 332 g/mol. The lowest BCUT2D eigenvalue weighted by Gasteiger charge is -2.21. The SMILES string of the molecule is CCOCCN(CC)C(=O)c1ccc(Br)cc1N.Cl. The monoisotopic (exact) mass is 350 g/mol. The van der Waals surface area contributed by atoms with Crippen molar-refractivity contribution in [3.05, 3.63) is 28.2 Å². The van der Waals surface area contributed by atoms with E-state index in [4.69, 9.17) is 10.5 Å². The highest BCUT2D eigenvalue weighted by Crippen LogP contribution is 2.20. The summed E-state index contributed by atoms with van der Waals surface area (Å²) < 4.78 is 6.14. The van der Waals surface area contributed by atoms with Crippen molar-refractivity contribution in [2.75, 3.05) is 32.0 Å². The van der Waals surface area contributed by atoms with Gasteiger partial charge in [0.2, 0.25) is 0 Å². The van der Waals surface area contributed by atoms with Crippen LogP contribution in [0.4, 0.5) is 5.69 Å². The zero-order chi connectivity index (χ0) is 13.5. The summed E-state index contributed by atoms with van der Waals surface area (Å²) in [7, 11) is 0. The van der Waals surface area contributed by atoms with Crippen molar-refractivity contribution in [3.8, 4) is 0 Å². The average Bonchev–Trinajstić information content (AvgIpc) is 2.34. The lowest BCUT2D eigenvalue weighted by atomic mass is 10.1. The Morgan fingerprint density at radius 1 is 1.42 bits per heavy atom. The van der Waals surface area contributed by atoms with Gasteiger partial charge in [-0.05, 0) is 32.0 Å². The second kappa shape index (κ2) is 9.18. The molecule has 1 aromatic rings. The molecule has 0 saturated heterocycles. The normalized spacial score (nSPS) is 9.84. The first-order chi connectivity index (χ1) is 8.60. The van der Waals surface area contributed by atoms with Crippen LogP contribution in [0.2, 0.25) is 0 Å². The van der Waals surface area contributed by atoms with Crippen molar-refractivity contribution in [1.29, 1.82) is 0 Å². The molecule has 0 saturated carbocycles. The van der Waals surface area contributed by atoms with Gasteiger partial charge < -0.3 is 15.4 Å². The molecule has 6 heteroatoms. The maximum atomic E-state index is 12.3. The second-order valence-electron chi connectivity index (χ2n) is 3.81. The van der Waals surface area contributed by atoms with Gasteiger partial charge in [0.05, 0.1) is 12.2 Å². The van der Waals surface area contributed by atoms with Crippen molar-refractivity contribution in [2.45, 2.75) is 13.8 Å². The summed E-state index contributed by atoms with van der Waals surface area (Å²) in [5, 5.41) is 0. The molecule has 19 heavy (non-hydrogen) atoms. The molecule has 0 aliphatic heterocycles. The summed E-state index contributed by atoms with van der Waals surface area (Å²) in [6.45, 7) is 6.31. The van der Waals surface area contributed by atoms with Gasteiger partial charge in [-0.15, -0.1) is 12.4 Å². The fourth-order valence-corrected chi connectivity index (χ4v) is 2.00. The van der Waals surface area contributed by atoms with E-state index in [0.717, 1.165) is 4.47 Å². The number of hydrogen-bond donors (Lipinski definition) is 1. The Bertz CT molecular complexity index is 416. The van der Waals surface area contributed by atoms with Crippen LogP contribution < -0.4 is 5.73 Å². The lowest BCUT2D eigenvalue weighted by Crippen LogP contribution is -2.34. The Morgan fingerprint density at radius 2 is 2.11 bits per heavy atom. The molecule has 0 fully saturated rings. The number of nitrogens with two attached hydrogens (primary N) is 1. The van der Waals surface area contributed by atoms with Crippen LogP contribution >= 0.6 is 28.3 Å². The average molecular weight is 352 g/mol. The zero-order valence-corrected chi connectivity index (χ0v) is 13.6. The third-order valence-electron chi connectivity index (χ3n) is 2.62. The smallest absolute Gasteiger partial charge is 0.256 e. The molecule has 0 unspecified atom stereocenters. The molecule has 1 rings (SSSR count). The van der Waals surface area contributed by atoms with E-state index >= 15 is 0 Å². The molecule has 0 heterocycles. The number of benzene rings is 1. The topological polar surface area (TPSA) is 55.6 Å². The molecule has 0 aliphatic rings. The van der Waals surface area contributed by atoms with E-state index in [2.05, 4.69) is 15.9 Å². The van der Waals surface area contributed by atoms with E-state index in [0.29, 0.717) is 37.6 Å². The molecule has 4 nitrogen and oxygen atoms in total. The highest BCUT2D eigenvalue weighted by molar-refractivity contribution is 9.10. The zero-order valence-electron chi connectivity index (χ0n) is 11.2. The van der Waals surface area contributed by atoms with Gasteiger partial charge in [0, 0.05) is 29.9 Å². The summed E-state index contributed by atoms with van der Waals surface area (Å²) in [6.07, 6.45) is 0. The molecule has 0 bridgehead atoms. The lowest BCUT2D eigenvalue weighted by molar-refractivity contribution is 0.0670. The third kappa shape index (κ3) is 5.38. The summed E-state index contributed by atoms with van der Waals surface area (Å²) in [6, 6.07) is 5.30. The molecule has 1 aromatic carbocycles. The number of hydrogen-bond acceptors (Lipinski definition) is 3. The molecular formula is C13H20BrClN2O2. The largest absolute Gasteiger partial charge is 0.398 e. The quantitative estimate of drug-likeness (QED) is 0.633. The Hall–Kier alpha value is -0.780. The number of likely N-dealkylation sites (N-methyl/N-ethyl adjacent to an activating group) is 1. The van der Waals surface area contributed by atoms with E-state index in [1.807, 2.05) is 19.9 Å². The van der Waals surface area contributed by atoms with Crippen LogP contribution in [-0.4, -0.2) is 37.1 Å². The van der Waals surface area contributed by atoms with Gasteiger partial charge in [-0.2, -0.15) is 0 Å². The molecule has 0 aliphatic carbocycles. The standard InChI is InChI=1S/C13H19BrN2O2.ClH/c1-3-16(7-8-18-4-2)13(17)11-6-5-10(14)9-12(11)15;/h5-6,9H,3-4,7-8,15H2,1-2H3;1H. The first-order valence-corrected chi connectivity index (χ1v) is 6.81. The van der Waals surface area contributed by atoms with Gasteiger partial charge in [0.25, 0.3) is 5.91 Å². The fourth-order valence-electron chi connectivity index (χ4n) is 1.62. The van der Waals surface area contributed by atoms with Crippen LogP contribution in [0, 0.1) is 0 Å². The van der Waals surface area contributed by atoms with Crippen molar-refractivity contribution in [2.24, 2.45) is 0 Å². The highest BCUT2D eigenvalue weighted by Gasteiger charge is 2.16. The third-order valence-corrected chi connectivity index (χ3v) is 3.12. The van der Waals surface area contributed by atoms with E-state index in [9.17, 15) is 4.79 Å². The summed E-state index contributed by atoms with van der Waals surface area (Å²) >= 11 is 3.33. The number of ether oxygens (including phenoxy) is 1. The van der Waals surface area contributed by atoms with E-state index < -0.39 is 0 Å². The van der Waals surface area contributed by atoms with E-state index in [-0.39, 0.29) is 18.3 Å². The number of carbonyl (C=O) groups is 1. The van der Waals surface area contributed by atoms with E-state index in [1.165, 1.54) is 0 Å². The highest BCUT2D eigenvalue weighted by atomic mass is 79.9. The van der Waals surface area contributed by atoms with Crippen LogP contribution in [0.1, 0.15) is 24.2 Å². The summed E-state index contributed by atoms with van der Waals surface area (Å²) in [4.78, 5) is 14.0. The molecule has 2 N–H and O–H groups in total. The van der Waals surface area contributed by atoms with Crippen LogP contribution in [-0.2, 0) is 4.74 Å². The molecule has 0 aromatic heterocycles. The van der Waals surface area contributed by atoms with Crippen molar-refractivity contribution in [3.63, 3.8) is 0 Å². The fraction of sp³-hybridized carbons (Fsp3) is 0.462. The van der Waals surface area contributed by atoms with Crippen LogP contribution in [0.15, 0.2) is 22.7 Å². The van der Waals surface area contributed by atoms with Crippen LogP contribution in [0.3, 0.4) is 0 Å². The minimum atomic E-state index is -0.0535. The van der Waals surface area contributed by atoms with Crippen molar-refractivity contribution < 1.29 is 9.53 Å². The van der Waals surface area contributed by atoms with Gasteiger partial charge in [-0.1, -0.05) is 15.9 Å². The molecule has 0 spiro atoms. The predicted octanol–water partition coefficient (Wildman–Crippen LogP) is 2.95. The van der Waals surface area contributed by atoms with Crippen LogP contribution in [0.25, 0.3) is 0 Å². The number of carbonyl (C=O) groups excluding carboxylic acids is 1. The van der Waals surface area contributed by atoms with Gasteiger partial charge in [0.15, 0.2) is 0 Å². The number of halogens is 2. The van der Waals surface area contributed by atoms with Gasteiger partial charge in [-0.3, -0.25) is 4.79 Å². The Morgan fingerprint density at radius 3 is 2.63 bits per heavy atom. The maximum Gasteiger partial charge on any atom is 0.256 e. The first kappa shape index (κ1) is 18.2. The molecule has 108 valence electrons.